The van der Waals surface area contributed by atoms with Crippen LogP contribution < -0.4 is 0 Å². The molecule has 0 amide bonds. The van der Waals surface area contributed by atoms with Crippen LogP contribution in [0.3, 0.4) is 0 Å². The Morgan fingerprint density at radius 1 is 0.241 bits per heavy atom. The second-order valence-corrected chi connectivity index (χ2v) is 28.9. The maximum atomic E-state index is 5.54. The zero-order valence-electron chi connectivity index (χ0n) is 60.6. The van der Waals surface area contributed by atoms with Crippen molar-refractivity contribution in [3.8, 4) is 102 Å². The van der Waals surface area contributed by atoms with Crippen molar-refractivity contribution in [1.29, 1.82) is 0 Å². The van der Waals surface area contributed by atoms with E-state index in [2.05, 4.69) is 346 Å². The minimum atomic E-state index is 0.107. The van der Waals surface area contributed by atoms with E-state index in [1.807, 2.05) is 54.6 Å². The fraction of sp³-hybridized carbons (Fsp3) is 0.0196. The van der Waals surface area contributed by atoms with Crippen LogP contribution in [0.15, 0.2) is 382 Å². The molecule has 10 heteroatoms. The van der Waals surface area contributed by atoms with E-state index in [0.29, 0.717) is 35.2 Å². The predicted octanol–water partition coefficient (Wildman–Crippen LogP) is 25.2. The van der Waals surface area contributed by atoms with Crippen molar-refractivity contribution < 1.29 is 0 Å². The highest BCUT2D eigenvalue weighted by Gasteiger charge is 2.28. The van der Waals surface area contributed by atoms with Crippen LogP contribution in [0.4, 0.5) is 0 Å². The van der Waals surface area contributed by atoms with Crippen LogP contribution in [0, 0.1) is 0 Å². The monoisotopic (exact) mass is 1430 g/mol. The Labute approximate surface area is 644 Å². The van der Waals surface area contributed by atoms with Crippen molar-refractivity contribution in [3.05, 3.63) is 393 Å². The molecule has 0 N–H and O–H groups in total. The minimum Gasteiger partial charge on any atom is -0.307 e. The Balaban J connectivity index is 0.619. The summed E-state index contributed by atoms with van der Waals surface area (Å²) in [6.45, 7) is 0. The van der Waals surface area contributed by atoms with Gasteiger partial charge in [-0.1, -0.05) is 340 Å². The molecule has 0 spiro atoms. The highest BCUT2D eigenvalue weighted by atomic mass is 15.2. The van der Waals surface area contributed by atoms with Crippen molar-refractivity contribution >= 4 is 92.8 Å². The maximum Gasteiger partial charge on any atom is 0.238 e. The lowest BCUT2D eigenvalue weighted by Gasteiger charge is -2.21. The Kier molecular flexibility index (Phi) is 15.2. The van der Waals surface area contributed by atoms with Gasteiger partial charge < -0.3 is 9.13 Å². The molecule has 6 heterocycles. The molecule has 0 radical (unpaired) electrons. The maximum absolute atomic E-state index is 5.54. The SMILES string of the molecule is C1=CC(c2cccc(-c3ccccc3-n3c4ccccc4c4ccc5c6ccccc6n(-c6nc(-c7ccccc7)nc(-c7ccccc7)n6)c5c43)c2)CC(c2ccc(-c3nc(-c4ccccc4)nc(-n4c5ccccc5c5ccc6c7ccccc7n(-c7ccc(-c8ccc(-c9ccccc9)cc8)cc7)c6c54)n3)cc2)=C1. The van der Waals surface area contributed by atoms with Crippen molar-refractivity contribution in [3.63, 3.8) is 0 Å². The molecule has 15 aromatic carbocycles. The average Bonchev–Trinajstić information content (AvgIpc) is 1.55. The molecule has 1 atom stereocenters. The van der Waals surface area contributed by atoms with Gasteiger partial charge in [-0.2, -0.15) is 19.9 Å². The number of fused-ring (bicyclic) bond motifs is 14. The van der Waals surface area contributed by atoms with Gasteiger partial charge in [0.15, 0.2) is 23.3 Å². The van der Waals surface area contributed by atoms with Gasteiger partial charge in [0.2, 0.25) is 11.9 Å². The largest absolute Gasteiger partial charge is 0.307 e. The number of allylic oxidation sites excluding steroid dienone is 4. The molecule has 524 valence electrons. The zero-order valence-corrected chi connectivity index (χ0v) is 60.6. The molecule has 112 heavy (non-hydrogen) atoms. The number of benzene rings is 15. The van der Waals surface area contributed by atoms with Crippen molar-refractivity contribution in [2.24, 2.45) is 0 Å². The fourth-order valence-electron chi connectivity index (χ4n) is 17.2. The van der Waals surface area contributed by atoms with Gasteiger partial charge in [0, 0.05) is 82.5 Å². The van der Waals surface area contributed by atoms with Gasteiger partial charge in [0.1, 0.15) is 0 Å². The van der Waals surface area contributed by atoms with Gasteiger partial charge in [-0.3, -0.25) is 9.13 Å². The van der Waals surface area contributed by atoms with E-state index in [9.17, 15) is 0 Å². The Hall–Kier alpha value is -15.0. The minimum absolute atomic E-state index is 0.107. The van der Waals surface area contributed by atoms with E-state index >= 15 is 0 Å². The van der Waals surface area contributed by atoms with Crippen LogP contribution in [-0.4, -0.2) is 48.2 Å². The second-order valence-electron chi connectivity index (χ2n) is 28.9. The molecule has 22 rings (SSSR count). The number of para-hydroxylation sites is 5. The lowest BCUT2D eigenvalue weighted by atomic mass is 9.84. The molecule has 6 aromatic heterocycles. The van der Waals surface area contributed by atoms with Gasteiger partial charge in [-0.15, -0.1) is 0 Å². The molecule has 0 aliphatic heterocycles. The van der Waals surface area contributed by atoms with Gasteiger partial charge in [-0.25, -0.2) is 9.97 Å². The predicted molar refractivity (Wildman–Crippen MR) is 460 cm³/mol. The quantitative estimate of drug-likeness (QED) is 0.114. The summed E-state index contributed by atoms with van der Waals surface area (Å²) < 4.78 is 9.44. The summed E-state index contributed by atoms with van der Waals surface area (Å²) in [6, 6.07) is 130. The summed E-state index contributed by atoms with van der Waals surface area (Å²) >= 11 is 0. The van der Waals surface area contributed by atoms with Crippen LogP contribution in [0.1, 0.15) is 23.5 Å². The average molecular weight is 1430 g/mol. The third kappa shape index (κ3) is 10.7. The molecule has 1 unspecified atom stereocenters. The third-order valence-electron chi connectivity index (χ3n) is 22.5. The van der Waals surface area contributed by atoms with Crippen molar-refractivity contribution in [2.75, 3.05) is 0 Å². The van der Waals surface area contributed by atoms with Crippen LogP contribution in [0.2, 0.25) is 0 Å². The third-order valence-corrected chi connectivity index (χ3v) is 22.5. The number of hydrogen-bond donors (Lipinski definition) is 0. The summed E-state index contributed by atoms with van der Waals surface area (Å²) in [7, 11) is 0. The highest BCUT2D eigenvalue weighted by Crippen LogP contribution is 2.47. The molecule has 0 fully saturated rings. The van der Waals surface area contributed by atoms with Crippen LogP contribution >= 0.6 is 0 Å². The summed E-state index contributed by atoms with van der Waals surface area (Å²) in [4.78, 5) is 32.2. The fourth-order valence-corrected chi connectivity index (χ4v) is 17.2. The van der Waals surface area contributed by atoms with Crippen LogP contribution in [0.5, 0.6) is 0 Å². The molecular formula is C102H66N10. The first kappa shape index (κ1) is 64.2. The summed E-state index contributed by atoms with van der Waals surface area (Å²) in [6.07, 6.45) is 7.66. The van der Waals surface area contributed by atoms with E-state index in [0.717, 1.165) is 155 Å². The normalized spacial score (nSPS) is 13.1. The van der Waals surface area contributed by atoms with Crippen LogP contribution in [-0.2, 0) is 0 Å². The first-order valence-electron chi connectivity index (χ1n) is 38.1. The molecule has 0 bridgehead atoms. The van der Waals surface area contributed by atoms with E-state index in [1.54, 1.807) is 0 Å². The summed E-state index contributed by atoms with van der Waals surface area (Å²) in [5.41, 5.74) is 24.7. The smallest absolute Gasteiger partial charge is 0.238 e. The van der Waals surface area contributed by atoms with Gasteiger partial charge in [0.25, 0.3) is 0 Å². The molecule has 1 aliphatic rings. The lowest BCUT2D eigenvalue weighted by molar-refractivity contribution is 0.868. The molecule has 21 aromatic rings. The van der Waals surface area contributed by atoms with E-state index in [4.69, 9.17) is 29.9 Å². The topological polar surface area (TPSA) is 97.1 Å². The van der Waals surface area contributed by atoms with E-state index < -0.39 is 0 Å². The lowest BCUT2D eigenvalue weighted by Crippen LogP contribution is -2.07. The molecular weight excluding hydrogens is 1370 g/mol. The first-order valence-corrected chi connectivity index (χ1v) is 38.1. The summed E-state index contributed by atoms with van der Waals surface area (Å²) in [5.74, 6) is 3.56. The standard InChI is InChI=1S/C102H66N10/c1-5-25-65(26-6-1)66-47-49-67(50-48-66)68-55-57-78(58-56-68)109-89-43-19-14-38-80(89)84-59-61-86-82-40-16-21-45-91(82)111(95(86)93(84)109)102-107-99(72-31-11-4-12-32-72)104-100(108-102)73-53-51-69(52-54-73)74-33-23-34-75(63-74)76-35-24-36-77(64-76)79-37-13-18-42-88(79)110-90-44-20-15-39-81(90)85-60-62-87-83-41-17-22-46-92(83)112(96(87)94(85)110)101-105-97(70-27-7-2-8-28-70)103-98(106-101)71-29-9-3-10-30-71/h1-62,64,75H,63H2. The Morgan fingerprint density at radius 3 is 1.05 bits per heavy atom. The van der Waals surface area contributed by atoms with Crippen LogP contribution in [0.25, 0.3) is 195 Å². The van der Waals surface area contributed by atoms with Gasteiger partial charge >= 0.3 is 0 Å². The van der Waals surface area contributed by atoms with Crippen molar-refractivity contribution in [2.45, 2.75) is 12.3 Å². The molecule has 0 saturated carbocycles. The number of aromatic nitrogens is 10. The first-order chi connectivity index (χ1) is 55.5. The number of rotatable bonds is 13. The molecule has 0 saturated heterocycles. The Bertz CT molecular complexity index is 7300. The Morgan fingerprint density at radius 2 is 0.580 bits per heavy atom. The van der Waals surface area contributed by atoms with Gasteiger partial charge in [-0.05, 0) is 93.4 Å². The number of hydrogen-bond acceptors (Lipinski definition) is 6. The van der Waals surface area contributed by atoms with E-state index in [1.165, 1.54) is 22.3 Å². The number of nitrogens with zero attached hydrogens (tertiary/aromatic N) is 10. The van der Waals surface area contributed by atoms with Crippen molar-refractivity contribution in [1.82, 2.24) is 48.2 Å². The summed E-state index contributed by atoms with van der Waals surface area (Å²) in [5, 5.41) is 9.02. The highest BCUT2D eigenvalue weighted by molar-refractivity contribution is 6.25. The van der Waals surface area contributed by atoms with Gasteiger partial charge in [0.05, 0.1) is 49.8 Å². The van der Waals surface area contributed by atoms with E-state index in [-0.39, 0.29) is 5.92 Å². The molecule has 1 aliphatic carbocycles. The molecule has 10 nitrogen and oxygen atoms in total. The zero-order chi connectivity index (χ0) is 73.7. The second kappa shape index (κ2) is 26.4.